The lowest BCUT2D eigenvalue weighted by molar-refractivity contribution is -0.0678. The summed E-state index contributed by atoms with van der Waals surface area (Å²) in [6.07, 6.45) is 0.976. The number of nitrogens with two attached hydrogens (primary N) is 1. The molecule has 0 radical (unpaired) electrons. The fourth-order valence-electron chi connectivity index (χ4n) is 1.87. The fourth-order valence-corrected chi connectivity index (χ4v) is 1.87. The molecule has 0 bridgehead atoms. The maximum Gasteiger partial charge on any atom is 0.243 e. The zero-order chi connectivity index (χ0) is 10.8. The van der Waals surface area contributed by atoms with Gasteiger partial charge in [0.2, 0.25) is 6.43 Å². The van der Waals surface area contributed by atoms with Crippen LogP contribution in [0.2, 0.25) is 0 Å². The molecule has 14 heavy (non-hydrogen) atoms. The maximum atomic E-state index is 12.7. The summed E-state index contributed by atoms with van der Waals surface area (Å²) in [7, 11) is 0. The van der Waals surface area contributed by atoms with E-state index in [-0.39, 0.29) is 12.6 Å². The Kier molecular flexibility index (Phi) is 3.61. The van der Waals surface area contributed by atoms with Gasteiger partial charge in [0.1, 0.15) is 0 Å². The van der Waals surface area contributed by atoms with Crippen molar-refractivity contribution in [2.45, 2.75) is 26.4 Å². The van der Waals surface area contributed by atoms with Gasteiger partial charge in [-0.3, -0.25) is 0 Å². The predicted octanol–water partition coefficient (Wildman–Crippen LogP) is 1.81. The first-order chi connectivity index (χ1) is 6.52. The molecule has 0 aliphatic carbocycles. The van der Waals surface area contributed by atoms with Gasteiger partial charge in [0, 0.05) is 17.9 Å². The van der Waals surface area contributed by atoms with E-state index in [4.69, 9.17) is 10.5 Å². The molecule has 0 saturated carbocycles. The normalized spacial score (nSPS) is 34.9. The largest absolute Gasteiger partial charge is 0.374 e. The van der Waals surface area contributed by atoms with Crippen LogP contribution in [0.15, 0.2) is 12.2 Å². The monoisotopic (exact) mass is 205 g/mol. The molecule has 0 spiro atoms. The summed E-state index contributed by atoms with van der Waals surface area (Å²) < 4.78 is 30.8. The summed E-state index contributed by atoms with van der Waals surface area (Å²) in [5.74, 6) is -0.839. The molecular weight excluding hydrogens is 188 g/mol. The molecule has 1 aliphatic heterocycles. The van der Waals surface area contributed by atoms with E-state index >= 15 is 0 Å². The van der Waals surface area contributed by atoms with Crippen LogP contribution < -0.4 is 5.73 Å². The van der Waals surface area contributed by atoms with Crippen molar-refractivity contribution < 1.29 is 13.5 Å². The Labute approximate surface area is 83.1 Å². The molecule has 2 unspecified atom stereocenters. The van der Waals surface area contributed by atoms with Crippen molar-refractivity contribution in [1.29, 1.82) is 0 Å². The number of alkyl halides is 2. The molecule has 0 fully saturated rings. The Morgan fingerprint density at radius 3 is 2.71 bits per heavy atom. The lowest BCUT2D eigenvalue weighted by atomic mass is 9.72. The average Bonchev–Trinajstić information content (AvgIpc) is 2.11. The minimum atomic E-state index is -2.40. The van der Waals surface area contributed by atoms with E-state index in [2.05, 4.69) is 0 Å². The SMILES string of the molecule is CC1OCC=C[C@@]1(C)C(CN)C(F)F. The highest BCUT2D eigenvalue weighted by molar-refractivity contribution is 5.08. The molecule has 2 nitrogen and oxygen atoms in total. The van der Waals surface area contributed by atoms with Gasteiger partial charge >= 0.3 is 0 Å². The van der Waals surface area contributed by atoms with Gasteiger partial charge in [-0.25, -0.2) is 8.78 Å². The minimum absolute atomic E-state index is 0.0216. The molecular formula is C10H17F2NO. The van der Waals surface area contributed by atoms with Crippen molar-refractivity contribution in [2.24, 2.45) is 17.1 Å². The molecule has 1 rings (SSSR count). The van der Waals surface area contributed by atoms with Crippen LogP contribution in [0.4, 0.5) is 8.78 Å². The molecule has 0 saturated heterocycles. The second-order valence-electron chi connectivity index (χ2n) is 3.92. The fraction of sp³-hybridized carbons (Fsp3) is 0.800. The van der Waals surface area contributed by atoms with E-state index < -0.39 is 17.8 Å². The van der Waals surface area contributed by atoms with Gasteiger partial charge in [0.15, 0.2) is 0 Å². The topological polar surface area (TPSA) is 35.2 Å². The Morgan fingerprint density at radius 2 is 2.29 bits per heavy atom. The summed E-state index contributed by atoms with van der Waals surface area (Å²) in [6, 6.07) is 0. The smallest absolute Gasteiger partial charge is 0.243 e. The van der Waals surface area contributed by atoms with Crippen molar-refractivity contribution in [3.8, 4) is 0 Å². The molecule has 82 valence electrons. The Morgan fingerprint density at radius 1 is 1.64 bits per heavy atom. The van der Waals surface area contributed by atoms with Gasteiger partial charge in [-0.15, -0.1) is 0 Å². The molecule has 0 aromatic heterocycles. The summed E-state index contributed by atoms with van der Waals surface area (Å²) >= 11 is 0. The van der Waals surface area contributed by atoms with E-state index in [0.29, 0.717) is 6.61 Å². The minimum Gasteiger partial charge on any atom is -0.374 e. The van der Waals surface area contributed by atoms with Gasteiger partial charge in [-0.1, -0.05) is 19.1 Å². The Bertz CT molecular complexity index is 220. The summed E-state index contributed by atoms with van der Waals surface area (Å²) in [4.78, 5) is 0. The standard InChI is InChI=1S/C10H17F2NO/c1-7-10(2,4-3-5-14-7)8(6-13)9(11)12/h3-4,7-9H,5-6,13H2,1-2H3/t7?,8?,10-/m1/s1. The van der Waals surface area contributed by atoms with Crippen LogP contribution >= 0.6 is 0 Å². The van der Waals surface area contributed by atoms with Crippen LogP contribution in [0.1, 0.15) is 13.8 Å². The van der Waals surface area contributed by atoms with Gasteiger partial charge in [-0.05, 0) is 6.92 Å². The summed E-state index contributed by atoms with van der Waals surface area (Å²) in [5, 5.41) is 0. The molecule has 4 heteroatoms. The first-order valence-corrected chi connectivity index (χ1v) is 4.80. The van der Waals surface area contributed by atoms with Crippen molar-refractivity contribution in [2.75, 3.05) is 13.2 Å². The van der Waals surface area contributed by atoms with E-state index in [9.17, 15) is 8.78 Å². The molecule has 2 N–H and O–H groups in total. The van der Waals surface area contributed by atoms with E-state index in [1.807, 2.05) is 13.0 Å². The lowest BCUT2D eigenvalue weighted by Gasteiger charge is -2.41. The van der Waals surface area contributed by atoms with Crippen LogP contribution in [-0.2, 0) is 4.74 Å². The summed E-state index contributed by atoms with van der Waals surface area (Å²) in [5.41, 5.74) is 4.73. The van der Waals surface area contributed by atoms with E-state index in [1.165, 1.54) is 0 Å². The number of rotatable bonds is 3. The van der Waals surface area contributed by atoms with Crippen LogP contribution in [0, 0.1) is 11.3 Å². The quantitative estimate of drug-likeness (QED) is 0.713. The van der Waals surface area contributed by atoms with Crippen LogP contribution in [0.3, 0.4) is 0 Å². The second kappa shape index (κ2) is 4.36. The van der Waals surface area contributed by atoms with Gasteiger partial charge in [0.25, 0.3) is 0 Å². The van der Waals surface area contributed by atoms with Crippen LogP contribution in [0.25, 0.3) is 0 Å². The number of hydrogen-bond donors (Lipinski definition) is 1. The molecule has 1 aliphatic rings. The van der Waals surface area contributed by atoms with Crippen LogP contribution in [-0.4, -0.2) is 25.7 Å². The third kappa shape index (κ3) is 1.96. The zero-order valence-corrected chi connectivity index (χ0v) is 8.54. The Balaban J connectivity index is 2.89. The van der Waals surface area contributed by atoms with Gasteiger partial charge < -0.3 is 10.5 Å². The summed E-state index contributed by atoms with van der Waals surface area (Å²) in [6.45, 7) is 4.06. The van der Waals surface area contributed by atoms with Crippen molar-refractivity contribution in [1.82, 2.24) is 0 Å². The van der Waals surface area contributed by atoms with Crippen molar-refractivity contribution in [3.05, 3.63) is 12.2 Å². The third-order valence-corrected chi connectivity index (χ3v) is 3.15. The Hall–Kier alpha value is -0.480. The third-order valence-electron chi connectivity index (χ3n) is 3.15. The highest BCUT2D eigenvalue weighted by Gasteiger charge is 2.43. The highest BCUT2D eigenvalue weighted by Crippen LogP contribution is 2.39. The average molecular weight is 205 g/mol. The molecule has 3 atom stereocenters. The molecule has 1 heterocycles. The first kappa shape index (κ1) is 11.6. The van der Waals surface area contributed by atoms with E-state index in [1.54, 1.807) is 13.0 Å². The lowest BCUT2D eigenvalue weighted by Crippen LogP contribution is -2.46. The molecule has 0 aromatic carbocycles. The van der Waals surface area contributed by atoms with Crippen molar-refractivity contribution >= 4 is 0 Å². The first-order valence-electron chi connectivity index (χ1n) is 4.80. The zero-order valence-electron chi connectivity index (χ0n) is 8.54. The molecule has 0 amide bonds. The predicted molar refractivity (Wildman–Crippen MR) is 51.2 cm³/mol. The maximum absolute atomic E-state index is 12.7. The number of ether oxygens (including phenoxy) is 1. The van der Waals surface area contributed by atoms with Crippen LogP contribution in [0.5, 0.6) is 0 Å². The number of hydrogen-bond acceptors (Lipinski definition) is 2. The van der Waals surface area contributed by atoms with Gasteiger partial charge in [-0.2, -0.15) is 0 Å². The van der Waals surface area contributed by atoms with Gasteiger partial charge in [0.05, 0.1) is 12.7 Å². The highest BCUT2D eigenvalue weighted by atomic mass is 19.3. The van der Waals surface area contributed by atoms with Crippen molar-refractivity contribution in [3.63, 3.8) is 0 Å². The number of halogens is 2. The second-order valence-corrected chi connectivity index (χ2v) is 3.92. The van der Waals surface area contributed by atoms with E-state index in [0.717, 1.165) is 0 Å². The molecule has 0 aromatic rings.